The Bertz CT molecular complexity index is 617. The maximum Gasteiger partial charge on any atom is 0.136 e. The maximum absolute atomic E-state index is 13.5. The zero-order valence-electron chi connectivity index (χ0n) is 9.86. The number of nitrogens with zero attached hydrogens (tertiary/aromatic N) is 1. The second kappa shape index (κ2) is 5.71. The van der Waals surface area contributed by atoms with E-state index in [-0.39, 0.29) is 11.5 Å². The Labute approximate surface area is 114 Å². The Morgan fingerprint density at radius 1 is 1.32 bits per heavy atom. The number of nitrogens with two attached hydrogens (primary N) is 1. The van der Waals surface area contributed by atoms with Crippen molar-refractivity contribution in [2.24, 2.45) is 5.73 Å². The highest BCUT2D eigenvalue weighted by Gasteiger charge is 2.07. The molecule has 1 aromatic heterocycles. The number of anilines is 1. The first-order valence-electron chi connectivity index (χ1n) is 5.50. The molecule has 2 rings (SSSR count). The van der Waals surface area contributed by atoms with E-state index in [1.807, 2.05) is 0 Å². The molecule has 0 saturated heterocycles. The van der Waals surface area contributed by atoms with Gasteiger partial charge < -0.3 is 11.1 Å². The van der Waals surface area contributed by atoms with Crippen LogP contribution >= 0.6 is 12.2 Å². The van der Waals surface area contributed by atoms with Gasteiger partial charge in [0.25, 0.3) is 0 Å². The summed E-state index contributed by atoms with van der Waals surface area (Å²) in [6.07, 6.45) is 1.57. The number of aromatic nitrogens is 1. The summed E-state index contributed by atoms with van der Waals surface area (Å²) in [5, 5.41) is 2.93. The van der Waals surface area contributed by atoms with Gasteiger partial charge in [0.1, 0.15) is 22.4 Å². The molecule has 98 valence electrons. The quantitative estimate of drug-likeness (QED) is 0.845. The van der Waals surface area contributed by atoms with Crippen molar-refractivity contribution in [3.8, 4) is 0 Å². The van der Waals surface area contributed by atoms with Crippen LogP contribution in [0.25, 0.3) is 0 Å². The summed E-state index contributed by atoms with van der Waals surface area (Å²) in [4.78, 5) is 4.29. The van der Waals surface area contributed by atoms with E-state index in [0.717, 1.165) is 6.07 Å². The lowest BCUT2D eigenvalue weighted by atomic mass is 10.2. The van der Waals surface area contributed by atoms with Gasteiger partial charge in [-0.05, 0) is 18.2 Å². The van der Waals surface area contributed by atoms with Gasteiger partial charge in [0.05, 0.1) is 5.56 Å². The summed E-state index contributed by atoms with van der Waals surface area (Å²) < 4.78 is 26.2. The van der Waals surface area contributed by atoms with Crippen molar-refractivity contribution in [2.45, 2.75) is 6.54 Å². The van der Waals surface area contributed by atoms with Gasteiger partial charge in [-0.15, -0.1) is 0 Å². The highest BCUT2D eigenvalue weighted by atomic mass is 32.1. The number of thiocarbonyl (C=S) groups is 1. The molecule has 1 heterocycles. The summed E-state index contributed by atoms with van der Waals surface area (Å²) in [6, 6.07) is 6.84. The van der Waals surface area contributed by atoms with Crippen LogP contribution in [-0.2, 0) is 6.54 Å². The third-order valence-electron chi connectivity index (χ3n) is 2.53. The summed E-state index contributed by atoms with van der Waals surface area (Å²) >= 11 is 4.90. The largest absolute Gasteiger partial charge is 0.389 e. The van der Waals surface area contributed by atoms with E-state index in [1.54, 1.807) is 18.3 Å². The molecular formula is C13H11F2N3S. The molecule has 2 aromatic rings. The van der Waals surface area contributed by atoms with Gasteiger partial charge in [0, 0.05) is 24.4 Å². The Hall–Kier alpha value is -2.08. The molecule has 0 saturated carbocycles. The normalized spacial score (nSPS) is 10.2. The summed E-state index contributed by atoms with van der Waals surface area (Å²) in [7, 11) is 0. The molecule has 19 heavy (non-hydrogen) atoms. The zero-order chi connectivity index (χ0) is 13.8. The van der Waals surface area contributed by atoms with Crippen molar-refractivity contribution in [1.29, 1.82) is 0 Å². The van der Waals surface area contributed by atoms with E-state index in [0.29, 0.717) is 16.9 Å². The standard InChI is InChI=1S/C13H11F2N3S/c14-9-4-3-8(11(15)6-9)7-18-13-10(12(16)19)2-1-5-17-13/h1-6H,7H2,(H2,16,19)(H,17,18). The highest BCUT2D eigenvalue weighted by molar-refractivity contribution is 7.80. The SMILES string of the molecule is NC(=S)c1cccnc1NCc1ccc(F)cc1F. The number of nitrogens with one attached hydrogen (secondary N) is 1. The van der Waals surface area contributed by atoms with Gasteiger partial charge >= 0.3 is 0 Å². The number of pyridine rings is 1. The monoisotopic (exact) mass is 279 g/mol. The summed E-state index contributed by atoms with van der Waals surface area (Å²) in [5.41, 5.74) is 6.48. The molecule has 0 atom stereocenters. The first kappa shape index (κ1) is 13.4. The average molecular weight is 279 g/mol. The molecule has 0 aliphatic rings. The lowest BCUT2D eigenvalue weighted by molar-refractivity contribution is 0.574. The minimum Gasteiger partial charge on any atom is -0.389 e. The molecule has 3 N–H and O–H groups in total. The van der Waals surface area contributed by atoms with E-state index in [1.165, 1.54) is 12.1 Å². The number of hydrogen-bond donors (Lipinski definition) is 2. The molecule has 1 aromatic carbocycles. The zero-order valence-corrected chi connectivity index (χ0v) is 10.7. The first-order chi connectivity index (χ1) is 9.08. The van der Waals surface area contributed by atoms with Crippen molar-refractivity contribution in [2.75, 3.05) is 5.32 Å². The lowest BCUT2D eigenvalue weighted by Crippen LogP contribution is -2.14. The second-order valence-electron chi connectivity index (χ2n) is 3.85. The van der Waals surface area contributed by atoms with Crippen LogP contribution in [0.3, 0.4) is 0 Å². The number of hydrogen-bond acceptors (Lipinski definition) is 3. The van der Waals surface area contributed by atoms with Crippen LogP contribution in [0.5, 0.6) is 0 Å². The van der Waals surface area contributed by atoms with E-state index in [9.17, 15) is 8.78 Å². The molecule has 6 heteroatoms. The predicted molar refractivity (Wildman–Crippen MR) is 73.8 cm³/mol. The average Bonchev–Trinajstić information content (AvgIpc) is 2.38. The summed E-state index contributed by atoms with van der Waals surface area (Å²) in [6.45, 7) is 0.165. The van der Waals surface area contributed by atoms with E-state index in [2.05, 4.69) is 10.3 Å². The Morgan fingerprint density at radius 2 is 2.11 bits per heavy atom. The van der Waals surface area contributed by atoms with Crippen LogP contribution in [0.4, 0.5) is 14.6 Å². The predicted octanol–water partition coefficient (Wildman–Crippen LogP) is 2.61. The second-order valence-corrected chi connectivity index (χ2v) is 4.29. The highest BCUT2D eigenvalue weighted by Crippen LogP contribution is 2.15. The molecule has 0 aliphatic carbocycles. The first-order valence-corrected chi connectivity index (χ1v) is 5.91. The number of rotatable bonds is 4. The Kier molecular flexibility index (Phi) is 4.01. The van der Waals surface area contributed by atoms with Gasteiger partial charge in [-0.3, -0.25) is 0 Å². The Balaban J connectivity index is 2.17. The van der Waals surface area contributed by atoms with Gasteiger partial charge in [-0.2, -0.15) is 0 Å². The van der Waals surface area contributed by atoms with Crippen molar-refractivity contribution in [3.63, 3.8) is 0 Å². The van der Waals surface area contributed by atoms with Crippen molar-refractivity contribution in [1.82, 2.24) is 4.98 Å². The number of benzene rings is 1. The molecule has 0 aliphatic heterocycles. The van der Waals surface area contributed by atoms with Gasteiger partial charge in [0.15, 0.2) is 0 Å². The Morgan fingerprint density at radius 3 is 2.79 bits per heavy atom. The minimum absolute atomic E-state index is 0.165. The molecular weight excluding hydrogens is 268 g/mol. The van der Waals surface area contributed by atoms with Crippen molar-refractivity contribution < 1.29 is 8.78 Å². The van der Waals surface area contributed by atoms with Gasteiger partial charge in [-0.1, -0.05) is 18.3 Å². The van der Waals surface area contributed by atoms with Gasteiger partial charge in [0.2, 0.25) is 0 Å². The van der Waals surface area contributed by atoms with Crippen LogP contribution in [0, 0.1) is 11.6 Å². The smallest absolute Gasteiger partial charge is 0.136 e. The fraction of sp³-hybridized carbons (Fsp3) is 0.0769. The third kappa shape index (κ3) is 3.23. The molecule has 0 fully saturated rings. The fourth-order valence-corrected chi connectivity index (χ4v) is 1.75. The molecule has 0 radical (unpaired) electrons. The van der Waals surface area contributed by atoms with Crippen molar-refractivity contribution in [3.05, 3.63) is 59.3 Å². The fourth-order valence-electron chi connectivity index (χ4n) is 1.59. The molecule has 0 spiro atoms. The van der Waals surface area contributed by atoms with Gasteiger partial charge in [-0.25, -0.2) is 13.8 Å². The van der Waals surface area contributed by atoms with Crippen LogP contribution in [0.1, 0.15) is 11.1 Å². The van der Waals surface area contributed by atoms with Crippen molar-refractivity contribution >= 4 is 23.0 Å². The van der Waals surface area contributed by atoms with Crippen LogP contribution < -0.4 is 11.1 Å². The van der Waals surface area contributed by atoms with E-state index >= 15 is 0 Å². The molecule has 0 bridgehead atoms. The van der Waals surface area contributed by atoms with E-state index < -0.39 is 11.6 Å². The van der Waals surface area contributed by atoms with Crippen LogP contribution in [0.2, 0.25) is 0 Å². The van der Waals surface area contributed by atoms with E-state index in [4.69, 9.17) is 18.0 Å². The molecule has 0 unspecified atom stereocenters. The molecule has 0 amide bonds. The summed E-state index contributed by atoms with van der Waals surface area (Å²) in [5.74, 6) is -0.748. The van der Waals surface area contributed by atoms with Crippen LogP contribution in [-0.4, -0.2) is 9.97 Å². The molecule has 3 nitrogen and oxygen atoms in total. The minimum atomic E-state index is -0.611. The maximum atomic E-state index is 13.5. The number of halogens is 2. The lowest BCUT2D eigenvalue weighted by Gasteiger charge is -2.10. The third-order valence-corrected chi connectivity index (χ3v) is 2.75. The van der Waals surface area contributed by atoms with Crippen LogP contribution in [0.15, 0.2) is 36.5 Å². The topological polar surface area (TPSA) is 50.9 Å².